The first-order valence-electron chi connectivity index (χ1n) is 7.31. The lowest BCUT2D eigenvalue weighted by atomic mass is 10.2. The number of nitrogens with one attached hydrogen (secondary N) is 1. The quantitative estimate of drug-likeness (QED) is 0.765. The largest absolute Gasteiger partial charge is 0.375 e. The van der Waals surface area contributed by atoms with Crippen LogP contribution in [0, 0.1) is 0 Å². The minimum Gasteiger partial charge on any atom is -0.375 e. The van der Waals surface area contributed by atoms with Gasteiger partial charge in [0.1, 0.15) is 6.04 Å². The summed E-state index contributed by atoms with van der Waals surface area (Å²) >= 11 is 1.34. The lowest BCUT2D eigenvalue weighted by Crippen LogP contribution is -2.48. The molecule has 7 nitrogen and oxygen atoms in total. The van der Waals surface area contributed by atoms with E-state index in [2.05, 4.69) is 10.3 Å². The van der Waals surface area contributed by atoms with Crippen LogP contribution in [0.25, 0.3) is 0 Å². The molecule has 1 aromatic carbocycles. The summed E-state index contributed by atoms with van der Waals surface area (Å²) in [5, 5.41) is 5.06. The summed E-state index contributed by atoms with van der Waals surface area (Å²) in [7, 11) is -3.59. The second kappa shape index (κ2) is 7.63. The van der Waals surface area contributed by atoms with Crippen LogP contribution in [0.4, 0.5) is 10.8 Å². The molecule has 0 aliphatic rings. The molecule has 0 fully saturated rings. The van der Waals surface area contributed by atoms with E-state index in [0.717, 1.165) is 16.3 Å². The third-order valence-electron chi connectivity index (χ3n) is 3.35. The van der Waals surface area contributed by atoms with Gasteiger partial charge in [-0.05, 0) is 19.1 Å². The summed E-state index contributed by atoms with van der Waals surface area (Å²) in [6.45, 7) is 1.92. The number of rotatable bonds is 7. The number of aromatic nitrogens is 1. The van der Waals surface area contributed by atoms with Crippen molar-refractivity contribution in [2.45, 2.75) is 19.4 Å². The third-order valence-corrected chi connectivity index (χ3v) is 5.31. The van der Waals surface area contributed by atoms with Gasteiger partial charge < -0.3 is 11.1 Å². The molecule has 0 spiro atoms. The molecule has 1 aromatic heterocycles. The summed E-state index contributed by atoms with van der Waals surface area (Å²) < 4.78 is 25.3. The maximum Gasteiger partial charge on any atom is 0.243 e. The molecule has 1 heterocycles. The number of hydrogen-bond acceptors (Lipinski definition) is 6. The first-order valence-corrected chi connectivity index (χ1v) is 10.0. The van der Waals surface area contributed by atoms with Crippen molar-refractivity contribution in [1.29, 1.82) is 0 Å². The Morgan fingerprint density at radius 2 is 2.04 bits per heavy atom. The number of para-hydroxylation sites is 1. The number of carbonyl (C=O) groups excluding carboxylic acids is 1. The summed E-state index contributed by atoms with van der Waals surface area (Å²) in [6.07, 6.45) is 1.62. The predicted octanol–water partition coefficient (Wildman–Crippen LogP) is 1.24. The fourth-order valence-corrected chi connectivity index (χ4v) is 4.05. The molecule has 2 aromatic rings. The van der Waals surface area contributed by atoms with Crippen LogP contribution >= 0.6 is 11.3 Å². The number of sulfonamides is 1. The molecule has 24 heavy (non-hydrogen) atoms. The number of nitrogens with two attached hydrogens (primary N) is 1. The van der Waals surface area contributed by atoms with E-state index in [0.29, 0.717) is 23.8 Å². The van der Waals surface area contributed by atoms with E-state index in [-0.39, 0.29) is 5.91 Å². The molecule has 1 unspecified atom stereocenters. The van der Waals surface area contributed by atoms with Crippen molar-refractivity contribution < 1.29 is 13.2 Å². The van der Waals surface area contributed by atoms with Gasteiger partial charge in [0.05, 0.1) is 17.6 Å². The molecule has 2 rings (SSSR count). The fraction of sp³-hybridized carbons (Fsp3) is 0.333. The normalized spacial score (nSPS) is 12.6. The van der Waals surface area contributed by atoms with Crippen molar-refractivity contribution in [3.05, 3.63) is 41.4 Å². The fourth-order valence-electron chi connectivity index (χ4n) is 2.28. The number of hydrogen-bond donors (Lipinski definition) is 2. The number of carbonyl (C=O) groups is 1. The van der Waals surface area contributed by atoms with Gasteiger partial charge in [0, 0.05) is 18.3 Å². The first kappa shape index (κ1) is 18.2. The Bertz CT molecular complexity index is 790. The van der Waals surface area contributed by atoms with Gasteiger partial charge in [-0.2, -0.15) is 0 Å². The van der Waals surface area contributed by atoms with Crippen LogP contribution in [0.1, 0.15) is 12.6 Å². The molecule has 0 radical (unpaired) electrons. The van der Waals surface area contributed by atoms with Crippen molar-refractivity contribution >= 4 is 38.1 Å². The second-order valence-corrected chi connectivity index (χ2v) is 8.04. The Morgan fingerprint density at radius 1 is 1.38 bits per heavy atom. The van der Waals surface area contributed by atoms with E-state index in [1.54, 1.807) is 37.3 Å². The third kappa shape index (κ3) is 4.68. The molecular formula is C15H20N4O3S2. The lowest BCUT2D eigenvalue weighted by Gasteiger charge is -2.28. The van der Waals surface area contributed by atoms with E-state index in [9.17, 15) is 13.2 Å². The highest BCUT2D eigenvalue weighted by molar-refractivity contribution is 7.92. The van der Waals surface area contributed by atoms with Crippen molar-refractivity contribution in [1.82, 2.24) is 10.3 Å². The summed E-state index contributed by atoms with van der Waals surface area (Å²) in [6, 6.07) is 7.69. The maximum atomic E-state index is 12.3. The van der Waals surface area contributed by atoms with Crippen LogP contribution < -0.4 is 15.4 Å². The van der Waals surface area contributed by atoms with Crippen LogP contribution in [0.2, 0.25) is 0 Å². The molecule has 1 amide bonds. The molecule has 130 valence electrons. The zero-order chi connectivity index (χ0) is 17.7. The van der Waals surface area contributed by atoms with E-state index >= 15 is 0 Å². The molecule has 0 aliphatic heterocycles. The van der Waals surface area contributed by atoms with Gasteiger partial charge in [0.15, 0.2) is 5.13 Å². The van der Waals surface area contributed by atoms with Crippen LogP contribution in [-0.2, 0) is 21.2 Å². The molecular weight excluding hydrogens is 348 g/mol. The lowest BCUT2D eigenvalue weighted by molar-refractivity contribution is -0.121. The smallest absolute Gasteiger partial charge is 0.243 e. The van der Waals surface area contributed by atoms with Crippen LogP contribution in [0.5, 0.6) is 0 Å². The average Bonchev–Trinajstić information content (AvgIpc) is 2.92. The summed E-state index contributed by atoms with van der Waals surface area (Å²) in [5.41, 5.74) is 6.81. The van der Waals surface area contributed by atoms with E-state index in [4.69, 9.17) is 5.73 Å². The predicted molar refractivity (Wildman–Crippen MR) is 96.5 cm³/mol. The van der Waals surface area contributed by atoms with Crippen molar-refractivity contribution in [3.8, 4) is 0 Å². The molecule has 0 aliphatic carbocycles. The second-order valence-electron chi connectivity index (χ2n) is 5.29. The minimum atomic E-state index is -3.59. The van der Waals surface area contributed by atoms with Gasteiger partial charge in [0.25, 0.3) is 0 Å². The number of nitrogens with zero attached hydrogens (tertiary/aromatic N) is 2. The number of amides is 1. The summed E-state index contributed by atoms with van der Waals surface area (Å²) in [5.74, 6) is -0.368. The minimum absolute atomic E-state index is 0.360. The van der Waals surface area contributed by atoms with E-state index in [1.807, 2.05) is 5.38 Å². The van der Waals surface area contributed by atoms with Crippen LogP contribution in [-0.4, -0.2) is 38.2 Å². The van der Waals surface area contributed by atoms with Crippen LogP contribution in [0.15, 0.2) is 35.7 Å². The van der Waals surface area contributed by atoms with Gasteiger partial charge in [-0.1, -0.05) is 18.2 Å². The number of benzene rings is 1. The van der Waals surface area contributed by atoms with Gasteiger partial charge in [-0.15, -0.1) is 11.3 Å². The zero-order valence-corrected chi connectivity index (χ0v) is 15.1. The Morgan fingerprint density at radius 3 is 2.58 bits per heavy atom. The molecule has 3 N–H and O–H groups in total. The highest BCUT2D eigenvalue weighted by Gasteiger charge is 2.28. The number of thiazole rings is 1. The Labute approximate surface area is 145 Å². The zero-order valence-electron chi connectivity index (χ0n) is 13.5. The number of nitrogen functional groups attached to an aromatic ring is 1. The van der Waals surface area contributed by atoms with Gasteiger partial charge in [-0.3, -0.25) is 9.10 Å². The molecule has 0 saturated heterocycles. The van der Waals surface area contributed by atoms with Gasteiger partial charge in [0.2, 0.25) is 15.9 Å². The monoisotopic (exact) mass is 368 g/mol. The van der Waals surface area contributed by atoms with Crippen molar-refractivity contribution in [3.63, 3.8) is 0 Å². The Kier molecular flexibility index (Phi) is 5.79. The van der Waals surface area contributed by atoms with Gasteiger partial charge in [-0.25, -0.2) is 13.4 Å². The van der Waals surface area contributed by atoms with Crippen molar-refractivity contribution in [2.75, 3.05) is 22.8 Å². The Hall–Kier alpha value is -2.13. The molecule has 0 saturated carbocycles. The topological polar surface area (TPSA) is 105 Å². The number of anilines is 2. The first-order chi connectivity index (χ1) is 11.3. The maximum absolute atomic E-state index is 12.3. The Balaban J connectivity index is 2.03. The van der Waals surface area contributed by atoms with Crippen molar-refractivity contribution in [2.24, 2.45) is 0 Å². The SMILES string of the molecule is CC(C(=O)NCCc1csc(N)n1)N(c1ccccc1)S(C)(=O)=O. The molecule has 9 heteroatoms. The van der Waals surface area contributed by atoms with E-state index in [1.165, 1.54) is 11.3 Å². The summed E-state index contributed by atoms with van der Waals surface area (Å²) in [4.78, 5) is 16.5. The highest BCUT2D eigenvalue weighted by Crippen LogP contribution is 2.20. The van der Waals surface area contributed by atoms with Crippen LogP contribution in [0.3, 0.4) is 0 Å². The highest BCUT2D eigenvalue weighted by atomic mass is 32.2. The van der Waals surface area contributed by atoms with Gasteiger partial charge >= 0.3 is 0 Å². The standard InChI is InChI=1S/C15H20N4O3S2/c1-11(14(20)17-9-8-12-10-23-15(16)18-12)19(24(2,21)22)13-6-4-3-5-7-13/h3-7,10-11H,8-9H2,1-2H3,(H2,16,18)(H,17,20). The molecule has 0 bridgehead atoms. The molecule has 1 atom stereocenters. The average molecular weight is 368 g/mol. The van der Waals surface area contributed by atoms with E-state index < -0.39 is 16.1 Å².